The fourth-order valence-corrected chi connectivity index (χ4v) is 2.56. The van der Waals surface area contributed by atoms with E-state index in [0.717, 1.165) is 28.3 Å². The van der Waals surface area contributed by atoms with Gasteiger partial charge >= 0.3 is 0 Å². The van der Waals surface area contributed by atoms with Crippen LogP contribution in [0, 0.1) is 18.3 Å². The normalized spacial score (nSPS) is 15.7. The van der Waals surface area contributed by atoms with Gasteiger partial charge in [-0.25, -0.2) is 0 Å². The number of nitrogens with one attached hydrogen (secondary N) is 1. The summed E-state index contributed by atoms with van der Waals surface area (Å²) in [6.07, 6.45) is 5.95. The maximum atomic E-state index is 12.4. The first-order valence-electron chi connectivity index (χ1n) is 7.37. The molecule has 3 rings (SSSR count). The topological polar surface area (TPSA) is 47.6 Å². The Labute approximate surface area is 135 Å². The second kappa shape index (κ2) is 6.45. The number of terminal acetylenes is 1. The van der Waals surface area contributed by atoms with Crippen molar-refractivity contribution in [2.45, 2.75) is 6.42 Å². The van der Waals surface area contributed by atoms with Crippen molar-refractivity contribution in [2.24, 2.45) is 5.92 Å². The van der Waals surface area contributed by atoms with Crippen LogP contribution in [0.5, 0.6) is 11.5 Å². The molecule has 1 amide bonds. The average Bonchev–Trinajstić information content (AvgIpc) is 2.61. The molecule has 1 aliphatic heterocycles. The Morgan fingerprint density at radius 3 is 2.78 bits per heavy atom. The van der Waals surface area contributed by atoms with Crippen LogP contribution in [0.15, 0.2) is 42.5 Å². The van der Waals surface area contributed by atoms with Crippen LogP contribution in [0.4, 0.5) is 5.69 Å². The smallest absolute Gasteiger partial charge is 0.231 e. The molecule has 0 radical (unpaired) electrons. The van der Waals surface area contributed by atoms with Crippen LogP contribution in [0.25, 0.3) is 0 Å². The molecule has 1 N–H and O–H groups in total. The SMILES string of the molecule is C#Cc1ccc(NC(=O)C2COc3ccc(OC)cc3C2)cc1. The number of hydrogen-bond acceptors (Lipinski definition) is 3. The van der Waals surface area contributed by atoms with E-state index >= 15 is 0 Å². The molecule has 0 spiro atoms. The minimum Gasteiger partial charge on any atom is -0.497 e. The van der Waals surface area contributed by atoms with Crippen molar-refractivity contribution in [2.75, 3.05) is 19.0 Å². The first-order valence-corrected chi connectivity index (χ1v) is 7.37. The van der Waals surface area contributed by atoms with E-state index in [1.807, 2.05) is 18.2 Å². The highest BCUT2D eigenvalue weighted by molar-refractivity contribution is 5.93. The number of rotatable bonds is 3. The Hall–Kier alpha value is -2.93. The highest BCUT2D eigenvalue weighted by atomic mass is 16.5. The van der Waals surface area contributed by atoms with Crippen LogP contribution in [0.1, 0.15) is 11.1 Å². The predicted molar refractivity (Wildman–Crippen MR) is 88.7 cm³/mol. The molecule has 2 aromatic carbocycles. The summed E-state index contributed by atoms with van der Waals surface area (Å²) in [6, 6.07) is 12.8. The van der Waals surface area contributed by atoms with Gasteiger partial charge in [0.25, 0.3) is 0 Å². The van der Waals surface area contributed by atoms with E-state index in [1.54, 1.807) is 31.4 Å². The van der Waals surface area contributed by atoms with E-state index < -0.39 is 0 Å². The van der Waals surface area contributed by atoms with Crippen molar-refractivity contribution in [3.05, 3.63) is 53.6 Å². The zero-order valence-corrected chi connectivity index (χ0v) is 12.8. The molecule has 0 fully saturated rings. The average molecular weight is 307 g/mol. The molecule has 0 aliphatic carbocycles. The van der Waals surface area contributed by atoms with Crippen molar-refractivity contribution in [1.82, 2.24) is 0 Å². The molecule has 0 aromatic heterocycles. The third kappa shape index (κ3) is 3.29. The van der Waals surface area contributed by atoms with Crippen LogP contribution < -0.4 is 14.8 Å². The van der Waals surface area contributed by atoms with Gasteiger partial charge in [-0.15, -0.1) is 6.42 Å². The first kappa shape index (κ1) is 15.0. The lowest BCUT2D eigenvalue weighted by atomic mass is 9.95. The number of carbonyl (C=O) groups excluding carboxylic acids is 1. The fraction of sp³-hybridized carbons (Fsp3) is 0.211. The van der Waals surface area contributed by atoms with E-state index in [4.69, 9.17) is 15.9 Å². The monoisotopic (exact) mass is 307 g/mol. The Morgan fingerprint density at radius 1 is 1.30 bits per heavy atom. The van der Waals surface area contributed by atoms with Crippen molar-refractivity contribution >= 4 is 11.6 Å². The van der Waals surface area contributed by atoms with Crippen molar-refractivity contribution in [3.8, 4) is 23.8 Å². The Kier molecular flexibility index (Phi) is 4.20. The molecule has 0 bridgehead atoms. The highest BCUT2D eigenvalue weighted by Gasteiger charge is 2.26. The van der Waals surface area contributed by atoms with E-state index in [0.29, 0.717) is 13.0 Å². The summed E-state index contributed by atoms with van der Waals surface area (Å²) < 4.78 is 10.9. The Bertz CT molecular complexity index is 759. The minimum atomic E-state index is -0.234. The highest BCUT2D eigenvalue weighted by Crippen LogP contribution is 2.31. The third-order valence-corrected chi connectivity index (χ3v) is 3.86. The predicted octanol–water partition coefficient (Wildman–Crippen LogP) is 2.87. The molecule has 1 heterocycles. The molecule has 23 heavy (non-hydrogen) atoms. The molecule has 0 saturated carbocycles. The maximum Gasteiger partial charge on any atom is 0.231 e. The molecule has 1 aliphatic rings. The number of ether oxygens (including phenoxy) is 2. The van der Waals surface area contributed by atoms with Gasteiger partial charge < -0.3 is 14.8 Å². The number of amides is 1. The van der Waals surface area contributed by atoms with Gasteiger partial charge in [-0.1, -0.05) is 5.92 Å². The van der Waals surface area contributed by atoms with E-state index in [1.165, 1.54) is 0 Å². The van der Waals surface area contributed by atoms with Gasteiger partial charge in [-0.05, 0) is 54.4 Å². The van der Waals surface area contributed by atoms with Crippen molar-refractivity contribution in [1.29, 1.82) is 0 Å². The zero-order chi connectivity index (χ0) is 16.2. The van der Waals surface area contributed by atoms with Crippen LogP contribution in [-0.4, -0.2) is 19.6 Å². The second-order valence-electron chi connectivity index (χ2n) is 5.40. The molecular formula is C19H17NO3. The van der Waals surface area contributed by atoms with Gasteiger partial charge in [0.15, 0.2) is 0 Å². The molecule has 116 valence electrons. The number of hydrogen-bond donors (Lipinski definition) is 1. The zero-order valence-electron chi connectivity index (χ0n) is 12.8. The second-order valence-corrected chi connectivity index (χ2v) is 5.40. The van der Waals surface area contributed by atoms with Gasteiger partial charge in [0.2, 0.25) is 5.91 Å². The summed E-state index contributed by atoms with van der Waals surface area (Å²) in [7, 11) is 1.62. The molecule has 0 saturated heterocycles. The summed E-state index contributed by atoms with van der Waals surface area (Å²) in [4.78, 5) is 12.4. The lowest BCUT2D eigenvalue weighted by molar-refractivity contribution is -0.121. The molecule has 4 heteroatoms. The van der Waals surface area contributed by atoms with Gasteiger partial charge in [0.1, 0.15) is 18.1 Å². The van der Waals surface area contributed by atoms with E-state index in [-0.39, 0.29) is 11.8 Å². The van der Waals surface area contributed by atoms with Crippen LogP contribution in [0.2, 0.25) is 0 Å². The van der Waals surface area contributed by atoms with Crippen LogP contribution >= 0.6 is 0 Å². The van der Waals surface area contributed by atoms with Gasteiger partial charge in [-0.2, -0.15) is 0 Å². The third-order valence-electron chi connectivity index (χ3n) is 3.86. The molecule has 4 nitrogen and oxygen atoms in total. The largest absolute Gasteiger partial charge is 0.497 e. The van der Waals surface area contributed by atoms with Gasteiger partial charge in [0, 0.05) is 11.3 Å². The molecular weight excluding hydrogens is 290 g/mol. The molecule has 1 unspecified atom stereocenters. The number of anilines is 1. The molecule has 1 atom stereocenters. The van der Waals surface area contributed by atoms with Gasteiger partial charge in [-0.3, -0.25) is 4.79 Å². The number of carbonyl (C=O) groups is 1. The number of benzene rings is 2. The summed E-state index contributed by atoms with van der Waals surface area (Å²) >= 11 is 0. The van der Waals surface area contributed by atoms with Gasteiger partial charge in [0.05, 0.1) is 13.0 Å². The van der Waals surface area contributed by atoms with Crippen LogP contribution in [0.3, 0.4) is 0 Å². The maximum absolute atomic E-state index is 12.4. The number of fused-ring (bicyclic) bond motifs is 1. The van der Waals surface area contributed by atoms with Crippen molar-refractivity contribution < 1.29 is 14.3 Å². The summed E-state index contributed by atoms with van der Waals surface area (Å²) in [5.41, 5.74) is 2.49. The van der Waals surface area contributed by atoms with E-state index in [2.05, 4.69) is 11.2 Å². The van der Waals surface area contributed by atoms with E-state index in [9.17, 15) is 4.79 Å². The minimum absolute atomic E-state index is 0.0630. The standard InChI is InChI=1S/C19H17NO3/c1-3-13-4-6-16(7-5-13)20-19(21)15-10-14-11-17(22-2)8-9-18(14)23-12-15/h1,4-9,11,15H,10,12H2,2H3,(H,20,21). The summed E-state index contributed by atoms with van der Waals surface area (Å²) in [5.74, 6) is 3.83. The first-order chi connectivity index (χ1) is 11.2. The number of methoxy groups -OCH3 is 1. The van der Waals surface area contributed by atoms with Crippen LogP contribution in [-0.2, 0) is 11.2 Å². The Balaban J connectivity index is 1.69. The molecule has 2 aromatic rings. The quantitative estimate of drug-likeness (QED) is 0.887. The summed E-state index contributed by atoms with van der Waals surface area (Å²) in [6.45, 7) is 0.369. The van der Waals surface area contributed by atoms with Crippen molar-refractivity contribution in [3.63, 3.8) is 0 Å². The lowest BCUT2D eigenvalue weighted by Gasteiger charge is -2.25. The summed E-state index contributed by atoms with van der Waals surface area (Å²) in [5, 5.41) is 2.90. The lowest BCUT2D eigenvalue weighted by Crippen LogP contribution is -2.32. The fourth-order valence-electron chi connectivity index (χ4n) is 2.56. The Morgan fingerprint density at radius 2 is 2.09 bits per heavy atom.